The number of carbonyl (C=O) groups excluding carboxylic acids is 1. The number of methoxy groups -OCH3 is 1. The van der Waals surface area contributed by atoms with Crippen molar-refractivity contribution in [2.45, 2.75) is 19.1 Å². The zero-order chi connectivity index (χ0) is 17.9. The lowest BCUT2D eigenvalue weighted by Crippen LogP contribution is -2.34. The molecule has 0 aliphatic rings. The highest BCUT2D eigenvalue weighted by Gasteiger charge is 2.32. The molecule has 1 atom stereocenters. The molecule has 1 amide bonds. The number of benzene rings is 1. The fourth-order valence-electron chi connectivity index (χ4n) is 2.36. The zero-order valence-corrected chi connectivity index (χ0v) is 13.5. The molecule has 1 N–H and O–H groups in total. The molecule has 0 unspecified atom stereocenters. The number of aromatic amines is 1. The normalized spacial score (nSPS) is 12.9. The second-order valence-corrected chi connectivity index (χ2v) is 5.45. The van der Waals surface area contributed by atoms with E-state index in [0.29, 0.717) is 11.3 Å². The molecule has 0 aliphatic carbocycles. The van der Waals surface area contributed by atoms with Crippen molar-refractivity contribution in [1.82, 2.24) is 15.1 Å². The van der Waals surface area contributed by atoms with Crippen molar-refractivity contribution >= 4 is 5.91 Å². The Labute approximate surface area is 137 Å². The van der Waals surface area contributed by atoms with E-state index in [0.717, 1.165) is 12.1 Å². The van der Waals surface area contributed by atoms with Crippen LogP contribution in [-0.2, 0) is 10.9 Å². The van der Waals surface area contributed by atoms with Crippen molar-refractivity contribution in [1.29, 1.82) is 0 Å². The number of rotatable bonds is 5. The van der Waals surface area contributed by atoms with Gasteiger partial charge in [0.15, 0.2) is 0 Å². The van der Waals surface area contributed by atoms with Crippen molar-refractivity contribution in [3.63, 3.8) is 0 Å². The standard InChI is InChI=1S/C16H18F3N3O2/c1-10-7-13(21-20-10)15(23)22(2)14(9-24-3)11-5-4-6-12(8-11)16(17,18)19/h4-8,14H,9H2,1-3H3,(H,20,21)/t14-/m0/s1. The lowest BCUT2D eigenvalue weighted by atomic mass is 10.0. The van der Waals surface area contributed by atoms with Crippen molar-refractivity contribution in [3.8, 4) is 0 Å². The Morgan fingerprint density at radius 2 is 2.08 bits per heavy atom. The lowest BCUT2D eigenvalue weighted by molar-refractivity contribution is -0.137. The van der Waals surface area contributed by atoms with Crippen LogP contribution in [0.15, 0.2) is 30.3 Å². The molecule has 0 radical (unpaired) electrons. The molecule has 1 aromatic carbocycles. The molecule has 0 fully saturated rings. The fourth-order valence-corrected chi connectivity index (χ4v) is 2.36. The first kappa shape index (κ1) is 18.0. The predicted molar refractivity (Wildman–Crippen MR) is 81.5 cm³/mol. The van der Waals surface area contributed by atoms with E-state index < -0.39 is 23.7 Å². The van der Waals surface area contributed by atoms with E-state index in [9.17, 15) is 18.0 Å². The maximum absolute atomic E-state index is 12.9. The van der Waals surface area contributed by atoms with Crippen LogP contribution in [-0.4, -0.2) is 41.8 Å². The third kappa shape index (κ3) is 3.94. The van der Waals surface area contributed by atoms with E-state index in [1.165, 1.54) is 25.1 Å². The third-order valence-electron chi connectivity index (χ3n) is 3.64. The van der Waals surface area contributed by atoms with E-state index in [2.05, 4.69) is 10.2 Å². The molecule has 0 saturated heterocycles. The number of amides is 1. The van der Waals surface area contributed by atoms with Gasteiger partial charge in [0.2, 0.25) is 0 Å². The Morgan fingerprint density at radius 3 is 2.62 bits per heavy atom. The van der Waals surface area contributed by atoms with Gasteiger partial charge >= 0.3 is 6.18 Å². The maximum atomic E-state index is 12.9. The summed E-state index contributed by atoms with van der Waals surface area (Å²) in [6, 6.07) is 5.79. The van der Waals surface area contributed by atoms with Gasteiger partial charge in [-0.15, -0.1) is 0 Å². The van der Waals surface area contributed by atoms with Gasteiger partial charge in [0.25, 0.3) is 5.91 Å². The summed E-state index contributed by atoms with van der Waals surface area (Å²) in [6.07, 6.45) is -4.45. The SMILES string of the molecule is COC[C@@H](c1cccc(C(F)(F)F)c1)N(C)C(=O)c1cc(C)[nH]n1. The number of hydrogen-bond donors (Lipinski definition) is 1. The summed E-state index contributed by atoms with van der Waals surface area (Å²) in [5.41, 5.74) is 0.490. The molecule has 0 saturated carbocycles. The van der Waals surface area contributed by atoms with Gasteiger partial charge in [-0.3, -0.25) is 9.89 Å². The van der Waals surface area contributed by atoms with E-state index >= 15 is 0 Å². The number of ether oxygens (including phenoxy) is 1. The molecule has 2 aromatic rings. The highest BCUT2D eigenvalue weighted by atomic mass is 19.4. The third-order valence-corrected chi connectivity index (χ3v) is 3.64. The number of carbonyl (C=O) groups is 1. The van der Waals surface area contributed by atoms with Crippen LogP contribution in [0.3, 0.4) is 0 Å². The molecule has 0 spiro atoms. The molecular weight excluding hydrogens is 323 g/mol. The van der Waals surface area contributed by atoms with Crippen LogP contribution in [0.5, 0.6) is 0 Å². The van der Waals surface area contributed by atoms with Crippen molar-refractivity contribution in [3.05, 3.63) is 52.8 Å². The highest BCUT2D eigenvalue weighted by molar-refractivity contribution is 5.92. The lowest BCUT2D eigenvalue weighted by Gasteiger charge is -2.28. The zero-order valence-electron chi connectivity index (χ0n) is 13.5. The minimum atomic E-state index is -4.45. The Hall–Kier alpha value is -2.35. The molecule has 8 heteroatoms. The van der Waals surface area contributed by atoms with Crippen LogP contribution >= 0.6 is 0 Å². The van der Waals surface area contributed by atoms with E-state index in [1.807, 2.05) is 0 Å². The summed E-state index contributed by atoms with van der Waals surface area (Å²) in [7, 11) is 2.94. The quantitative estimate of drug-likeness (QED) is 0.909. The second-order valence-electron chi connectivity index (χ2n) is 5.45. The van der Waals surface area contributed by atoms with E-state index in [1.54, 1.807) is 19.1 Å². The van der Waals surface area contributed by atoms with Crippen LogP contribution in [0.4, 0.5) is 13.2 Å². The van der Waals surface area contributed by atoms with Crippen LogP contribution in [0.25, 0.3) is 0 Å². The van der Waals surface area contributed by atoms with Crippen LogP contribution < -0.4 is 0 Å². The average Bonchev–Trinajstić information content (AvgIpc) is 2.97. The predicted octanol–water partition coefficient (Wildman–Crippen LogP) is 3.20. The fraction of sp³-hybridized carbons (Fsp3) is 0.375. The number of H-pyrrole nitrogens is 1. The first-order valence-corrected chi connectivity index (χ1v) is 7.19. The molecule has 1 aromatic heterocycles. The molecule has 24 heavy (non-hydrogen) atoms. The van der Waals surface area contributed by atoms with Gasteiger partial charge in [-0.2, -0.15) is 18.3 Å². The maximum Gasteiger partial charge on any atom is 0.416 e. The summed E-state index contributed by atoms with van der Waals surface area (Å²) >= 11 is 0. The van der Waals surface area contributed by atoms with Crippen LogP contribution in [0.2, 0.25) is 0 Å². The Balaban J connectivity index is 2.33. The van der Waals surface area contributed by atoms with Crippen LogP contribution in [0.1, 0.15) is 33.4 Å². The first-order valence-electron chi connectivity index (χ1n) is 7.19. The summed E-state index contributed by atoms with van der Waals surface area (Å²) in [5.74, 6) is -0.404. The van der Waals surface area contributed by atoms with Gasteiger partial charge in [0, 0.05) is 19.9 Å². The molecule has 0 bridgehead atoms. The topological polar surface area (TPSA) is 58.2 Å². The van der Waals surface area contributed by atoms with Gasteiger partial charge in [-0.1, -0.05) is 12.1 Å². The van der Waals surface area contributed by atoms with Crippen molar-refractivity contribution in [2.24, 2.45) is 0 Å². The van der Waals surface area contributed by atoms with Gasteiger partial charge in [-0.25, -0.2) is 0 Å². The summed E-state index contributed by atoms with van der Waals surface area (Å²) in [5, 5.41) is 6.56. The molecule has 5 nitrogen and oxygen atoms in total. The minimum absolute atomic E-state index is 0.0625. The highest BCUT2D eigenvalue weighted by Crippen LogP contribution is 2.32. The summed E-state index contributed by atoms with van der Waals surface area (Å²) in [4.78, 5) is 13.8. The molecule has 1 heterocycles. The number of alkyl halides is 3. The minimum Gasteiger partial charge on any atom is -0.382 e. The van der Waals surface area contributed by atoms with E-state index in [4.69, 9.17) is 4.74 Å². The van der Waals surface area contributed by atoms with E-state index in [-0.39, 0.29) is 12.3 Å². The number of aryl methyl sites for hydroxylation is 1. The largest absolute Gasteiger partial charge is 0.416 e. The average molecular weight is 341 g/mol. The van der Waals surface area contributed by atoms with Crippen LogP contribution in [0, 0.1) is 6.92 Å². The van der Waals surface area contributed by atoms with Gasteiger partial charge < -0.3 is 9.64 Å². The number of aromatic nitrogens is 2. The second kappa shape index (κ2) is 7.04. The number of hydrogen-bond acceptors (Lipinski definition) is 3. The Kier molecular flexibility index (Phi) is 5.28. The smallest absolute Gasteiger partial charge is 0.382 e. The molecular formula is C16H18F3N3O2. The first-order chi connectivity index (χ1) is 11.2. The van der Waals surface area contributed by atoms with Gasteiger partial charge in [-0.05, 0) is 30.7 Å². The molecule has 2 rings (SSSR count). The number of halogens is 3. The van der Waals surface area contributed by atoms with Gasteiger partial charge in [0.05, 0.1) is 18.2 Å². The number of nitrogens with one attached hydrogen (secondary N) is 1. The Morgan fingerprint density at radius 1 is 1.38 bits per heavy atom. The van der Waals surface area contributed by atoms with Crippen molar-refractivity contribution < 1.29 is 22.7 Å². The molecule has 0 aliphatic heterocycles. The number of likely N-dealkylation sites (N-methyl/N-ethyl adjacent to an activating group) is 1. The number of nitrogens with zero attached hydrogens (tertiary/aromatic N) is 2. The summed E-state index contributed by atoms with van der Waals surface area (Å²) in [6.45, 7) is 1.82. The Bertz CT molecular complexity index is 713. The van der Waals surface area contributed by atoms with Crippen molar-refractivity contribution in [2.75, 3.05) is 20.8 Å². The summed E-state index contributed by atoms with van der Waals surface area (Å²) < 4.78 is 43.8. The monoisotopic (exact) mass is 341 g/mol. The molecule has 130 valence electrons. The van der Waals surface area contributed by atoms with Gasteiger partial charge in [0.1, 0.15) is 5.69 Å².